The molecular weight excluding hydrogens is 458 g/mol. The molecular formula is C27H29N5O4. The van der Waals surface area contributed by atoms with Gasteiger partial charge in [-0.25, -0.2) is 4.98 Å². The molecule has 0 saturated heterocycles. The van der Waals surface area contributed by atoms with Gasteiger partial charge in [-0.3, -0.25) is 19.2 Å². The van der Waals surface area contributed by atoms with Crippen LogP contribution in [0, 0.1) is 0 Å². The van der Waals surface area contributed by atoms with E-state index in [0.717, 1.165) is 11.1 Å². The van der Waals surface area contributed by atoms with Crippen molar-refractivity contribution >= 4 is 35.0 Å². The van der Waals surface area contributed by atoms with Crippen LogP contribution in [0.2, 0.25) is 0 Å². The molecule has 0 fully saturated rings. The van der Waals surface area contributed by atoms with Crippen LogP contribution in [0.15, 0.2) is 66.7 Å². The highest BCUT2D eigenvalue weighted by molar-refractivity contribution is 5.96. The van der Waals surface area contributed by atoms with Crippen LogP contribution >= 0.6 is 0 Å². The predicted octanol–water partition coefficient (Wildman–Crippen LogP) is 3.98. The van der Waals surface area contributed by atoms with Crippen LogP contribution in [0.5, 0.6) is 0 Å². The van der Waals surface area contributed by atoms with Crippen LogP contribution in [0.25, 0.3) is 0 Å². The largest absolute Gasteiger partial charge is 0.344 e. The second-order valence-electron chi connectivity index (χ2n) is 8.41. The number of nitrogens with zero attached hydrogens (tertiary/aromatic N) is 1. The number of hydrogen-bond acceptors (Lipinski definition) is 5. The molecule has 3 rings (SSSR count). The predicted molar refractivity (Wildman–Crippen MR) is 137 cm³/mol. The van der Waals surface area contributed by atoms with Gasteiger partial charge in [-0.2, -0.15) is 0 Å². The summed E-state index contributed by atoms with van der Waals surface area (Å²) in [7, 11) is 0. The third-order valence-corrected chi connectivity index (χ3v) is 5.32. The second-order valence-corrected chi connectivity index (χ2v) is 8.41. The number of carbonyl (C=O) groups excluding carboxylic acids is 4. The third kappa shape index (κ3) is 7.23. The van der Waals surface area contributed by atoms with E-state index in [1.165, 1.54) is 26.0 Å². The van der Waals surface area contributed by atoms with Crippen LogP contribution in [0.1, 0.15) is 71.9 Å². The number of aromatic nitrogens is 1. The zero-order valence-electron chi connectivity index (χ0n) is 20.6. The Morgan fingerprint density at radius 1 is 0.639 bits per heavy atom. The molecule has 186 valence electrons. The Labute approximate surface area is 209 Å². The van der Waals surface area contributed by atoms with E-state index >= 15 is 0 Å². The molecule has 2 aromatic carbocycles. The highest BCUT2D eigenvalue weighted by Gasteiger charge is 2.17. The van der Waals surface area contributed by atoms with E-state index in [2.05, 4.69) is 26.3 Å². The van der Waals surface area contributed by atoms with E-state index in [0.29, 0.717) is 11.4 Å². The van der Waals surface area contributed by atoms with Crippen LogP contribution < -0.4 is 21.3 Å². The minimum Gasteiger partial charge on any atom is -0.344 e. The molecule has 9 nitrogen and oxygen atoms in total. The number of benzene rings is 2. The second kappa shape index (κ2) is 11.7. The fraction of sp³-hybridized carbons (Fsp3) is 0.222. The van der Waals surface area contributed by atoms with Gasteiger partial charge in [0.15, 0.2) is 0 Å². The van der Waals surface area contributed by atoms with Gasteiger partial charge in [0.05, 0.1) is 12.1 Å². The van der Waals surface area contributed by atoms with Crippen LogP contribution in [0.3, 0.4) is 0 Å². The standard InChI is InChI=1S/C27H29N5O4/c1-16(20-8-5-10-22(14-20)30-18(3)33)28-26(35)24-12-7-13-25(32-24)27(36)29-17(2)21-9-6-11-23(15-21)31-19(4)34/h5-17H,1-4H3,(H,28,35)(H,29,36)(H,30,33)(H,31,34). The normalized spacial score (nSPS) is 12.1. The number of carbonyl (C=O) groups is 4. The van der Waals surface area contributed by atoms with Crippen molar-refractivity contribution < 1.29 is 19.2 Å². The summed E-state index contributed by atoms with van der Waals surface area (Å²) in [4.78, 5) is 52.5. The van der Waals surface area contributed by atoms with Crippen molar-refractivity contribution in [1.82, 2.24) is 15.6 Å². The lowest BCUT2D eigenvalue weighted by atomic mass is 10.1. The topological polar surface area (TPSA) is 129 Å². The van der Waals surface area contributed by atoms with Gasteiger partial charge in [-0.15, -0.1) is 0 Å². The molecule has 3 aromatic rings. The number of anilines is 2. The lowest BCUT2D eigenvalue weighted by molar-refractivity contribution is -0.115. The summed E-state index contributed by atoms with van der Waals surface area (Å²) in [5.41, 5.74) is 3.09. The van der Waals surface area contributed by atoms with Crippen molar-refractivity contribution in [3.05, 3.63) is 89.2 Å². The molecule has 1 aromatic heterocycles. The molecule has 2 unspecified atom stereocenters. The van der Waals surface area contributed by atoms with E-state index in [4.69, 9.17) is 0 Å². The van der Waals surface area contributed by atoms with Crippen LogP contribution in [-0.4, -0.2) is 28.6 Å². The number of rotatable bonds is 8. The van der Waals surface area contributed by atoms with E-state index in [-0.39, 0.29) is 35.3 Å². The summed E-state index contributed by atoms with van der Waals surface area (Å²) >= 11 is 0. The van der Waals surface area contributed by atoms with Crippen molar-refractivity contribution in [2.45, 2.75) is 39.8 Å². The molecule has 36 heavy (non-hydrogen) atoms. The van der Waals surface area contributed by atoms with Crippen molar-refractivity contribution in [1.29, 1.82) is 0 Å². The molecule has 0 saturated carbocycles. The summed E-state index contributed by atoms with van der Waals surface area (Å²) in [6, 6.07) is 18.3. The molecule has 4 amide bonds. The lowest BCUT2D eigenvalue weighted by Gasteiger charge is -2.17. The SMILES string of the molecule is CC(=O)Nc1cccc(C(C)NC(=O)c2cccc(C(=O)NC(C)c3cccc(NC(C)=O)c3)n2)c1. The maximum Gasteiger partial charge on any atom is 0.270 e. The Kier molecular flexibility index (Phi) is 8.51. The number of hydrogen-bond donors (Lipinski definition) is 4. The Morgan fingerprint density at radius 3 is 1.42 bits per heavy atom. The molecule has 0 aliphatic heterocycles. The fourth-order valence-corrected chi connectivity index (χ4v) is 3.57. The zero-order chi connectivity index (χ0) is 26.2. The minimum absolute atomic E-state index is 0.104. The van der Waals surface area contributed by atoms with Crippen LogP contribution in [0.4, 0.5) is 11.4 Å². The molecule has 0 spiro atoms. The summed E-state index contributed by atoms with van der Waals surface area (Å²) < 4.78 is 0. The van der Waals surface area contributed by atoms with Gasteiger partial charge in [-0.05, 0) is 61.4 Å². The first-order chi connectivity index (χ1) is 17.1. The summed E-state index contributed by atoms with van der Waals surface area (Å²) in [6.45, 7) is 6.49. The Bertz CT molecular complexity index is 1200. The first-order valence-corrected chi connectivity index (χ1v) is 11.5. The molecule has 0 aliphatic carbocycles. The molecule has 0 bridgehead atoms. The quantitative estimate of drug-likeness (QED) is 0.382. The molecule has 9 heteroatoms. The highest BCUT2D eigenvalue weighted by Crippen LogP contribution is 2.19. The van der Waals surface area contributed by atoms with Gasteiger partial charge >= 0.3 is 0 Å². The Hall–Kier alpha value is -4.53. The smallest absolute Gasteiger partial charge is 0.270 e. The van der Waals surface area contributed by atoms with Gasteiger partial charge in [0.25, 0.3) is 11.8 Å². The molecule has 0 radical (unpaired) electrons. The number of amides is 4. The summed E-state index contributed by atoms with van der Waals surface area (Å²) in [5, 5.41) is 11.2. The van der Waals surface area contributed by atoms with Crippen molar-refractivity contribution in [3.8, 4) is 0 Å². The maximum atomic E-state index is 12.8. The maximum absolute atomic E-state index is 12.8. The van der Waals surface area contributed by atoms with Crippen molar-refractivity contribution in [2.24, 2.45) is 0 Å². The highest BCUT2D eigenvalue weighted by atomic mass is 16.2. The average Bonchev–Trinajstić information content (AvgIpc) is 2.83. The molecule has 1 heterocycles. The monoisotopic (exact) mass is 487 g/mol. The summed E-state index contributed by atoms with van der Waals surface area (Å²) in [6.07, 6.45) is 0. The lowest BCUT2D eigenvalue weighted by Crippen LogP contribution is -2.30. The number of pyridine rings is 1. The van der Waals surface area contributed by atoms with E-state index in [1.54, 1.807) is 42.5 Å². The first kappa shape index (κ1) is 26.1. The Balaban J connectivity index is 1.67. The van der Waals surface area contributed by atoms with E-state index < -0.39 is 11.8 Å². The van der Waals surface area contributed by atoms with E-state index in [1.807, 2.05) is 26.0 Å². The van der Waals surface area contributed by atoms with Crippen LogP contribution in [-0.2, 0) is 9.59 Å². The molecule has 0 aliphatic rings. The number of nitrogens with one attached hydrogen (secondary N) is 4. The summed E-state index contributed by atoms with van der Waals surface area (Å²) in [5.74, 6) is -1.23. The fourth-order valence-electron chi connectivity index (χ4n) is 3.57. The van der Waals surface area contributed by atoms with Gasteiger partial charge in [0.2, 0.25) is 11.8 Å². The minimum atomic E-state index is -0.432. The first-order valence-electron chi connectivity index (χ1n) is 11.5. The zero-order valence-corrected chi connectivity index (χ0v) is 20.6. The van der Waals surface area contributed by atoms with Gasteiger partial charge in [-0.1, -0.05) is 30.3 Å². The van der Waals surface area contributed by atoms with Crippen molar-refractivity contribution in [3.63, 3.8) is 0 Å². The third-order valence-electron chi connectivity index (χ3n) is 5.32. The molecule has 2 atom stereocenters. The molecule has 4 N–H and O–H groups in total. The van der Waals surface area contributed by atoms with Gasteiger partial charge in [0.1, 0.15) is 11.4 Å². The van der Waals surface area contributed by atoms with Gasteiger partial charge < -0.3 is 21.3 Å². The average molecular weight is 488 g/mol. The van der Waals surface area contributed by atoms with Crippen molar-refractivity contribution in [2.75, 3.05) is 10.6 Å². The van der Waals surface area contributed by atoms with Gasteiger partial charge in [0, 0.05) is 25.2 Å². The van der Waals surface area contributed by atoms with E-state index in [9.17, 15) is 19.2 Å². The Morgan fingerprint density at radius 2 is 1.03 bits per heavy atom.